The van der Waals surface area contributed by atoms with Crippen LogP contribution in [0.15, 0.2) is 48.8 Å². The van der Waals surface area contributed by atoms with Crippen LogP contribution < -0.4 is 16.1 Å². The summed E-state index contributed by atoms with van der Waals surface area (Å²) in [6.07, 6.45) is 6.68. The molecule has 0 amide bonds. The van der Waals surface area contributed by atoms with Crippen LogP contribution in [0.4, 0.5) is 5.69 Å². The predicted molar refractivity (Wildman–Crippen MR) is 110 cm³/mol. The van der Waals surface area contributed by atoms with Gasteiger partial charge in [0.1, 0.15) is 6.29 Å². The van der Waals surface area contributed by atoms with Crippen molar-refractivity contribution in [1.29, 1.82) is 0 Å². The summed E-state index contributed by atoms with van der Waals surface area (Å²) < 4.78 is 0. The van der Waals surface area contributed by atoms with Crippen molar-refractivity contribution in [2.75, 3.05) is 32.5 Å². The molecule has 3 heterocycles. The summed E-state index contributed by atoms with van der Waals surface area (Å²) in [6.45, 7) is 2.04. The molecule has 2 atom stereocenters. The summed E-state index contributed by atoms with van der Waals surface area (Å²) in [6, 6.07) is 11.8. The van der Waals surface area contributed by atoms with Crippen molar-refractivity contribution < 1.29 is 4.79 Å². The Labute approximate surface area is 166 Å². The Balaban J connectivity index is 1.61. The van der Waals surface area contributed by atoms with Crippen molar-refractivity contribution in [2.24, 2.45) is 0 Å². The Kier molecular flexibility index (Phi) is 5.41. The number of piperidine rings is 1. The highest BCUT2D eigenvalue weighted by molar-refractivity contribution is 5.77. The number of likely N-dealkylation sites (tertiary alicyclic amines) is 1. The first-order valence-corrected chi connectivity index (χ1v) is 9.77. The molecule has 0 aliphatic carbocycles. The van der Waals surface area contributed by atoms with E-state index in [2.05, 4.69) is 45.0 Å². The molecule has 1 aromatic carbocycles. The number of aromatic nitrogens is 1. The van der Waals surface area contributed by atoms with Gasteiger partial charge >= 0.3 is 0 Å². The summed E-state index contributed by atoms with van der Waals surface area (Å²) in [7, 11) is 4.25. The van der Waals surface area contributed by atoms with Crippen LogP contribution in [0.25, 0.3) is 0 Å². The predicted octanol–water partition coefficient (Wildman–Crippen LogP) is 1.83. The molecule has 28 heavy (non-hydrogen) atoms. The van der Waals surface area contributed by atoms with E-state index in [0.717, 1.165) is 43.5 Å². The zero-order valence-corrected chi connectivity index (χ0v) is 16.4. The van der Waals surface area contributed by atoms with Crippen molar-refractivity contribution >= 4 is 12.0 Å². The fourth-order valence-electron chi connectivity index (χ4n) is 4.30. The molecule has 148 valence electrons. The summed E-state index contributed by atoms with van der Waals surface area (Å²) in [4.78, 5) is 17.7. The van der Waals surface area contributed by atoms with E-state index in [1.54, 1.807) is 0 Å². The first-order valence-electron chi connectivity index (χ1n) is 9.77. The third-order valence-corrected chi connectivity index (χ3v) is 5.90. The number of carbonyl (C=O) groups excluding carboxylic acids is 1. The SMILES string of the molecule is CN1CCC(Nc2cccc(C=O)c2)(C2NC(c3ccncc3)NN2C)CC1. The summed E-state index contributed by atoms with van der Waals surface area (Å²) in [5.41, 5.74) is 6.23. The van der Waals surface area contributed by atoms with Crippen molar-refractivity contribution in [1.82, 2.24) is 25.6 Å². The topological polar surface area (TPSA) is 72.5 Å². The molecule has 1 aromatic heterocycles. The lowest BCUT2D eigenvalue weighted by atomic mass is 9.83. The number of hydrogen-bond donors (Lipinski definition) is 3. The molecule has 2 aliphatic heterocycles. The van der Waals surface area contributed by atoms with Crippen LogP contribution >= 0.6 is 0 Å². The molecule has 7 nitrogen and oxygen atoms in total. The highest BCUT2D eigenvalue weighted by Gasteiger charge is 2.47. The molecule has 0 bridgehead atoms. The highest BCUT2D eigenvalue weighted by atomic mass is 16.1. The number of benzene rings is 1. The van der Waals surface area contributed by atoms with Crippen LogP contribution in [0.5, 0.6) is 0 Å². The summed E-state index contributed by atoms with van der Waals surface area (Å²) in [5.74, 6) is 0. The van der Waals surface area contributed by atoms with E-state index in [4.69, 9.17) is 0 Å². The molecule has 0 saturated carbocycles. The van der Waals surface area contributed by atoms with Gasteiger partial charge < -0.3 is 10.2 Å². The molecule has 2 unspecified atom stereocenters. The lowest BCUT2D eigenvalue weighted by Gasteiger charge is -2.47. The fourth-order valence-corrected chi connectivity index (χ4v) is 4.30. The van der Waals surface area contributed by atoms with E-state index in [-0.39, 0.29) is 17.9 Å². The number of nitrogens with one attached hydrogen (secondary N) is 3. The number of hydrogen-bond acceptors (Lipinski definition) is 7. The minimum atomic E-state index is -0.155. The number of nitrogens with zero attached hydrogens (tertiary/aromatic N) is 3. The minimum absolute atomic E-state index is 0.0395. The third-order valence-electron chi connectivity index (χ3n) is 5.90. The van der Waals surface area contributed by atoms with Gasteiger partial charge in [0.25, 0.3) is 0 Å². The number of aldehydes is 1. The standard InChI is InChI=1S/C21H28N6O/c1-26-12-8-21(9-13-26,24-18-5-3-4-16(14-18)15-28)20-23-19(25-27(20)2)17-6-10-22-11-7-17/h3-7,10-11,14-15,19-20,23-25H,8-9,12-13H2,1-2H3. The smallest absolute Gasteiger partial charge is 0.150 e. The van der Waals surface area contributed by atoms with Crippen LogP contribution in [0.1, 0.15) is 34.9 Å². The number of carbonyl (C=O) groups is 1. The molecule has 4 rings (SSSR count). The lowest BCUT2D eigenvalue weighted by molar-refractivity contribution is 0.0970. The van der Waals surface area contributed by atoms with E-state index in [9.17, 15) is 4.79 Å². The van der Waals surface area contributed by atoms with Crippen molar-refractivity contribution in [3.8, 4) is 0 Å². The second-order valence-electron chi connectivity index (χ2n) is 7.85. The normalized spacial score (nSPS) is 25.5. The minimum Gasteiger partial charge on any atom is -0.376 e. The Morgan fingerprint density at radius 1 is 1.18 bits per heavy atom. The maximum Gasteiger partial charge on any atom is 0.150 e. The average Bonchev–Trinajstić information content (AvgIpc) is 3.13. The number of likely N-dealkylation sites (N-methyl/N-ethyl adjacent to an activating group) is 1. The largest absolute Gasteiger partial charge is 0.376 e. The quantitative estimate of drug-likeness (QED) is 0.684. The van der Waals surface area contributed by atoms with Gasteiger partial charge in [-0.2, -0.15) is 0 Å². The first-order chi connectivity index (χ1) is 13.6. The van der Waals surface area contributed by atoms with Gasteiger partial charge in [0.2, 0.25) is 0 Å². The van der Waals surface area contributed by atoms with Crippen LogP contribution in [0, 0.1) is 0 Å². The van der Waals surface area contributed by atoms with Gasteiger partial charge in [-0.05, 0) is 49.7 Å². The molecule has 0 radical (unpaired) electrons. The number of hydrazine groups is 1. The molecule has 2 fully saturated rings. The molecule has 7 heteroatoms. The highest BCUT2D eigenvalue weighted by Crippen LogP contribution is 2.34. The Morgan fingerprint density at radius 3 is 2.64 bits per heavy atom. The second kappa shape index (κ2) is 7.97. The lowest BCUT2D eigenvalue weighted by Crippen LogP contribution is -2.63. The molecule has 2 aromatic rings. The van der Waals surface area contributed by atoms with Crippen LogP contribution in [-0.2, 0) is 0 Å². The molecule has 2 saturated heterocycles. The van der Waals surface area contributed by atoms with Gasteiger partial charge in [0, 0.05) is 43.8 Å². The maximum atomic E-state index is 11.2. The number of pyridine rings is 1. The van der Waals surface area contributed by atoms with Crippen LogP contribution in [0.3, 0.4) is 0 Å². The van der Waals surface area contributed by atoms with E-state index >= 15 is 0 Å². The van der Waals surface area contributed by atoms with Gasteiger partial charge in [-0.25, -0.2) is 10.4 Å². The number of anilines is 1. The van der Waals surface area contributed by atoms with E-state index < -0.39 is 0 Å². The summed E-state index contributed by atoms with van der Waals surface area (Å²) in [5, 5.41) is 9.73. The van der Waals surface area contributed by atoms with Crippen LogP contribution in [-0.4, -0.2) is 60.1 Å². The molecule has 3 N–H and O–H groups in total. The Hall–Kier alpha value is -2.32. The average molecular weight is 380 g/mol. The second-order valence-corrected chi connectivity index (χ2v) is 7.85. The first kappa shape index (κ1) is 19.0. The van der Waals surface area contributed by atoms with Gasteiger partial charge in [-0.1, -0.05) is 12.1 Å². The van der Waals surface area contributed by atoms with Crippen LogP contribution in [0.2, 0.25) is 0 Å². The van der Waals surface area contributed by atoms with Gasteiger partial charge in [-0.15, -0.1) is 0 Å². The van der Waals surface area contributed by atoms with E-state index in [1.807, 2.05) is 48.8 Å². The number of rotatable bonds is 5. The molecule has 0 spiro atoms. The van der Waals surface area contributed by atoms with Crippen molar-refractivity contribution in [3.63, 3.8) is 0 Å². The van der Waals surface area contributed by atoms with Gasteiger partial charge in [0.15, 0.2) is 0 Å². The molecule has 2 aliphatic rings. The van der Waals surface area contributed by atoms with E-state index in [0.29, 0.717) is 5.56 Å². The maximum absolute atomic E-state index is 11.2. The van der Waals surface area contributed by atoms with E-state index in [1.165, 1.54) is 0 Å². The summed E-state index contributed by atoms with van der Waals surface area (Å²) >= 11 is 0. The fraction of sp³-hybridized carbons (Fsp3) is 0.429. The molecular formula is C21H28N6O. The van der Waals surface area contributed by atoms with Crippen molar-refractivity contribution in [3.05, 3.63) is 59.9 Å². The zero-order valence-electron chi connectivity index (χ0n) is 16.4. The third kappa shape index (κ3) is 3.79. The van der Waals surface area contributed by atoms with Crippen molar-refractivity contribution in [2.45, 2.75) is 30.7 Å². The monoisotopic (exact) mass is 380 g/mol. The Morgan fingerprint density at radius 2 is 1.93 bits per heavy atom. The zero-order chi connectivity index (χ0) is 19.6. The van der Waals surface area contributed by atoms with Gasteiger partial charge in [-0.3, -0.25) is 15.1 Å². The Bertz CT molecular complexity index is 806. The molecular weight excluding hydrogens is 352 g/mol. The van der Waals surface area contributed by atoms with Gasteiger partial charge in [0.05, 0.1) is 17.9 Å².